The summed E-state index contributed by atoms with van der Waals surface area (Å²) < 4.78 is 14.0. The standard InChI is InChI=1S/C20H24FN5.HI/c1-22-20(24-18-14-16(18)15-6-2-3-7-17(15)21)26-12-10-25(11-13-26)19-8-4-5-9-23-19;/h2-9,16,18H,10-14H2,1H3,(H,22,24);1H. The summed E-state index contributed by atoms with van der Waals surface area (Å²) in [6.45, 7) is 3.62. The Bertz CT molecular complexity index is 777. The third-order valence-electron chi connectivity index (χ3n) is 5.17. The summed E-state index contributed by atoms with van der Waals surface area (Å²) in [5.74, 6) is 2.06. The van der Waals surface area contributed by atoms with E-state index in [1.165, 1.54) is 6.07 Å². The summed E-state index contributed by atoms with van der Waals surface area (Å²) in [4.78, 5) is 13.4. The van der Waals surface area contributed by atoms with Crippen LogP contribution < -0.4 is 10.2 Å². The number of halogens is 2. The summed E-state index contributed by atoms with van der Waals surface area (Å²) in [6, 6.07) is 13.3. The normalized spacial score (nSPS) is 22.2. The number of pyridine rings is 1. The number of nitrogens with zero attached hydrogens (tertiary/aromatic N) is 4. The van der Waals surface area contributed by atoms with Crippen LogP contribution in [-0.4, -0.2) is 55.1 Å². The average Bonchev–Trinajstić information content (AvgIpc) is 3.46. The Kier molecular flexibility index (Phi) is 6.51. The fourth-order valence-electron chi connectivity index (χ4n) is 3.63. The van der Waals surface area contributed by atoms with Crippen molar-refractivity contribution in [3.63, 3.8) is 0 Å². The van der Waals surface area contributed by atoms with E-state index in [9.17, 15) is 4.39 Å². The summed E-state index contributed by atoms with van der Waals surface area (Å²) in [5, 5.41) is 3.52. The summed E-state index contributed by atoms with van der Waals surface area (Å²) in [7, 11) is 1.81. The Balaban J connectivity index is 0.00000210. The van der Waals surface area contributed by atoms with Crippen molar-refractivity contribution in [1.82, 2.24) is 15.2 Å². The van der Waals surface area contributed by atoms with Gasteiger partial charge in [0, 0.05) is 51.4 Å². The average molecular weight is 481 g/mol. The van der Waals surface area contributed by atoms with Gasteiger partial charge in [-0.05, 0) is 30.2 Å². The molecule has 0 spiro atoms. The Morgan fingerprint density at radius 2 is 1.85 bits per heavy atom. The molecule has 1 N–H and O–H groups in total. The van der Waals surface area contributed by atoms with Gasteiger partial charge >= 0.3 is 0 Å². The van der Waals surface area contributed by atoms with Gasteiger partial charge in [-0.2, -0.15) is 0 Å². The Labute approximate surface area is 176 Å². The molecule has 1 aromatic carbocycles. The van der Waals surface area contributed by atoms with Gasteiger partial charge in [-0.15, -0.1) is 24.0 Å². The van der Waals surface area contributed by atoms with Crippen molar-refractivity contribution in [2.75, 3.05) is 38.1 Å². The first-order valence-corrected chi connectivity index (χ1v) is 9.15. The lowest BCUT2D eigenvalue weighted by molar-refractivity contribution is 0.371. The molecule has 7 heteroatoms. The van der Waals surface area contributed by atoms with Gasteiger partial charge in [0.1, 0.15) is 11.6 Å². The van der Waals surface area contributed by atoms with Crippen molar-refractivity contribution in [2.45, 2.75) is 18.4 Å². The molecule has 2 atom stereocenters. The molecule has 1 saturated carbocycles. The molecule has 2 aliphatic rings. The van der Waals surface area contributed by atoms with Crippen LogP contribution in [0.15, 0.2) is 53.7 Å². The lowest BCUT2D eigenvalue weighted by atomic mass is 10.1. The fraction of sp³-hybridized carbons (Fsp3) is 0.400. The molecule has 0 radical (unpaired) electrons. The van der Waals surface area contributed by atoms with Crippen LogP contribution in [0, 0.1) is 5.82 Å². The smallest absolute Gasteiger partial charge is 0.194 e. The summed E-state index contributed by atoms with van der Waals surface area (Å²) in [6.07, 6.45) is 2.78. The predicted molar refractivity (Wildman–Crippen MR) is 117 cm³/mol. The molecule has 1 aromatic heterocycles. The number of aliphatic imine (C=N–C) groups is 1. The number of hydrogen-bond acceptors (Lipinski definition) is 3. The molecule has 4 rings (SSSR count). The maximum Gasteiger partial charge on any atom is 0.194 e. The SMILES string of the molecule is CN=C(NC1CC1c1ccccc1F)N1CCN(c2ccccn2)CC1.I. The largest absolute Gasteiger partial charge is 0.353 e. The van der Waals surface area contributed by atoms with E-state index in [1.54, 1.807) is 6.07 Å². The van der Waals surface area contributed by atoms with Crippen LogP contribution in [0.3, 0.4) is 0 Å². The molecule has 0 amide bonds. The zero-order chi connectivity index (χ0) is 17.9. The number of aromatic nitrogens is 1. The van der Waals surface area contributed by atoms with Crippen molar-refractivity contribution in [1.29, 1.82) is 0 Å². The number of guanidine groups is 1. The van der Waals surface area contributed by atoms with Crippen LogP contribution in [0.4, 0.5) is 10.2 Å². The van der Waals surface area contributed by atoms with Crippen LogP contribution in [-0.2, 0) is 0 Å². The molecule has 2 unspecified atom stereocenters. The summed E-state index contributed by atoms with van der Waals surface area (Å²) in [5.41, 5.74) is 0.806. The van der Waals surface area contributed by atoms with Crippen LogP contribution in [0.2, 0.25) is 0 Å². The molecule has 27 heavy (non-hydrogen) atoms. The highest BCUT2D eigenvalue weighted by Crippen LogP contribution is 2.41. The molecular formula is C20H25FIN5. The van der Waals surface area contributed by atoms with Gasteiger partial charge in [0.15, 0.2) is 5.96 Å². The highest BCUT2D eigenvalue weighted by molar-refractivity contribution is 14.0. The van der Waals surface area contributed by atoms with Crippen molar-refractivity contribution in [2.24, 2.45) is 4.99 Å². The Morgan fingerprint density at radius 1 is 1.11 bits per heavy atom. The lowest BCUT2D eigenvalue weighted by Crippen LogP contribution is -2.53. The van der Waals surface area contributed by atoms with Crippen molar-refractivity contribution in [3.8, 4) is 0 Å². The number of rotatable bonds is 3. The number of hydrogen-bond donors (Lipinski definition) is 1. The van der Waals surface area contributed by atoms with Gasteiger partial charge in [-0.25, -0.2) is 9.37 Å². The van der Waals surface area contributed by atoms with Crippen molar-refractivity contribution in [3.05, 3.63) is 60.0 Å². The minimum Gasteiger partial charge on any atom is -0.353 e. The molecule has 144 valence electrons. The molecule has 2 heterocycles. The van der Waals surface area contributed by atoms with E-state index in [2.05, 4.69) is 25.1 Å². The third-order valence-corrected chi connectivity index (χ3v) is 5.17. The predicted octanol–water partition coefficient (Wildman–Crippen LogP) is 3.09. The van der Waals surface area contributed by atoms with E-state index in [0.29, 0.717) is 0 Å². The zero-order valence-corrected chi connectivity index (χ0v) is 17.7. The molecule has 2 aromatic rings. The van der Waals surface area contributed by atoms with Crippen LogP contribution in [0.5, 0.6) is 0 Å². The molecule has 1 aliphatic carbocycles. The second-order valence-corrected chi connectivity index (χ2v) is 6.82. The van der Waals surface area contributed by atoms with E-state index in [-0.39, 0.29) is 41.8 Å². The first-order chi connectivity index (χ1) is 12.8. The van der Waals surface area contributed by atoms with Crippen molar-refractivity contribution >= 4 is 35.8 Å². The molecular weight excluding hydrogens is 456 g/mol. The molecule has 1 saturated heterocycles. The zero-order valence-electron chi connectivity index (χ0n) is 15.4. The molecule has 5 nitrogen and oxygen atoms in total. The van der Waals surface area contributed by atoms with Crippen LogP contribution >= 0.6 is 24.0 Å². The number of piperazine rings is 1. The topological polar surface area (TPSA) is 43.8 Å². The van der Waals surface area contributed by atoms with E-state index < -0.39 is 0 Å². The lowest BCUT2D eigenvalue weighted by Gasteiger charge is -2.37. The van der Waals surface area contributed by atoms with Crippen LogP contribution in [0.25, 0.3) is 0 Å². The van der Waals surface area contributed by atoms with Gasteiger partial charge in [-0.3, -0.25) is 4.99 Å². The van der Waals surface area contributed by atoms with Gasteiger partial charge in [-0.1, -0.05) is 24.3 Å². The first-order valence-electron chi connectivity index (χ1n) is 9.15. The third kappa shape index (κ3) is 4.51. The second kappa shape index (κ2) is 8.86. The first kappa shape index (κ1) is 19.9. The van der Waals surface area contributed by atoms with Gasteiger partial charge in [0.25, 0.3) is 0 Å². The Morgan fingerprint density at radius 3 is 2.52 bits per heavy atom. The minimum atomic E-state index is -0.110. The quantitative estimate of drug-likeness (QED) is 0.416. The molecule has 0 bridgehead atoms. The van der Waals surface area contributed by atoms with Gasteiger partial charge < -0.3 is 15.1 Å². The van der Waals surface area contributed by atoms with Crippen LogP contribution in [0.1, 0.15) is 17.9 Å². The fourth-order valence-corrected chi connectivity index (χ4v) is 3.63. The maximum atomic E-state index is 14.0. The van der Waals surface area contributed by atoms with E-state index >= 15 is 0 Å². The second-order valence-electron chi connectivity index (χ2n) is 6.82. The maximum absolute atomic E-state index is 14.0. The van der Waals surface area contributed by atoms with E-state index in [1.807, 2.05) is 43.6 Å². The number of anilines is 1. The monoisotopic (exact) mass is 481 g/mol. The Hall–Kier alpha value is -1.90. The molecule has 2 fully saturated rings. The summed E-state index contributed by atoms with van der Waals surface area (Å²) >= 11 is 0. The van der Waals surface area contributed by atoms with Gasteiger partial charge in [0.05, 0.1) is 0 Å². The highest BCUT2D eigenvalue weighted by atomic mass is 127. The number of benzene rings is 1. The molecule has 1 aliphatic heterocycles. The van der Waals surface area contributed by atoms with Gasteiger partial charge in [0.2, 0.25) is 0 Å². The highest BCUT2D eigenvalue weighted by Gasteiger charge is 2.41. The minimum absolute atomic E-state index is 0. The number of nitrogens with one attached hydrogen (secondary N) is 1. The van der Waals surface area contributed by atoms with E-state index in [4.69, 9.17) is 0 Å². The van der Waals surface area contributed by atoms with E-state index in [0.717, 1.165) is 49.9 Å². The van der Waals surface area contributed by atoms with Crippen molar-refractivity contribution < 1.29 is 4.39 Å².